The Kier molecular flexibility index (Phi) is 4.31. The lowest BCUT2D eigenvalue weighted by atomic mass is 9.99. The zero-order valence-electron chi connectivity index (χ0n) is 9.70. The molecular formula is C14H14ClNO2. The molecule has 0 radical (unpaired) electrons. The Labute approximate surface area is 111 Å². The van der Waals surface area contributed by atoms with Crippen LogP contribution >= 0.6 is 11.6 Å². The lowest BCUT2D eigenvalue weighted by Crippen LogP contribution is -2.21. The number of hydrogen-bond donors (Lipinski definition) is 2. The minimum Gasteiger partial charge on any atom is -0.390 e. The van der Waals surface area contributed by atoms with E-state index >= 15 is 0 Å². The van der Waals surface area contributed by atoms with Crippen molar-refractivity contribution in [3.8, 4) is 0 Å². The molecule has 0 aliphatic carbocycles. The maximum absolute atomic E-state index is 10.0. The van der Waals surface area contributed by atoms with Gasteiger partial charge in [0.15, 0.2) is 0 Å². The van der Waals surface area contributed by atoms with Crippen molar-refractivity contribution in [1.29, 1.82) is 0 Å². The first-order chi connectivity index (χ1) is 8.68. The Morgan fingerprint density at radius 2 is 1.83 bits per heavy atom. The maximum Gasteiger partial charge on any atom is 0.105 e. The Hall–Kier alpha value is -1.42. The molecule has 0 aliphatic heterocycles. The Balaban J connectivity index is 2.09. The molecule has 4 heteroatoms. The van der Waals surface area contributed by atoms with Crippen molar-refractivity contribution < 1.29 is 10.2 Å². The molecule has 0 saturated carbocycles. The van der Waals surface area contributed by atoms with Crippen molar-refractivity contribution in [2.24, 2.45) is 0 Å². The monoisotopic (exact) mass is 263 g/mol. The summed E-state index contributed by atoms with van der Waals surface area (Å²) < 4.78 is 0. The SMILES string of the molecule is OC(Cc1ccncc1Cl)C(O)c1ccccc1. The summed E-state index contributed by atoms with van der Waals surface area (Å²) >= 11 is 5.96. The van der Waals surface area contributed by atoms with Crippen molar-refractivity contribution in [3.63, 3.8) is 0 Å². The largest absolute Gasteiger partial charge is 0.390 e. The van der Waals surface area contributed by atoms with E-state index in [0.717, 1.165) is 5.56 Å². The second-order valence-electron chi connectivity index (χ2n) is 4.09. The van der Waals surface area contributed by atoms with Gasteiger partial charge in [0.1, 0.15) is 6.10 Å². The van der Waals surface area contributed by atoms with Crippen molar-refractivity contribution in [2.45, 2.75) is 18.6 Å². The number of rotatable bonds is 4. The van der Waals surface area contributed by atoms with E-state index in [1.807, 2.05) is 18.2 Å². The van der Waals surface area contributed by atoms with Gasteiger partial charge < -0.3 is 10.2 Å². The van der Waals surface area contributed by atoms with Crippen LogP contribution in [0.3, 0.4) is 0 Å². The van der Waals surface area contributed by atoms with Gasteiger partial charge in [0.2, 0.25) is 0 Å². The average molecular weight is 264 g/mol. The fourth-order valence-electron chi connectivity index (χ4n) is 1.78. The van der Waals surface area contributed by atoms with Crippen LogP contribution in [0.15, 0.2) is 48.8 Å². The zero-order chi connectivity index (χ0) is 13.0. The van der Waals surface area contributed by atoms with Crippen LogP contribution < -0.4 is 0 Å². The van der Waals surface area contributed by atoms with Crippen molar-refractivity contribution in [2.75, 3.05) is 0 Å². The number of benzene rings is 1. The first kappa shape index (κ1) is 13.0. The van der Waals surface area contributed by atoms with E-state index < -0.39 is 12.2 Å². The summed E-state index contributed by atoms with van der Waals surface area (Å²) in [6.07, 6.45) is 1.61. The summed E-state index contributed by atoms with van der Waals surface area (Å²) in [6.45, 7) is 0. The van der Waals surface area contributed by atoms with Crippen molar-refractivity contribution in [1.82, 2.24) is 4.98 Å². The fourth-order valence-corrected chi connectivity index (χ4v) is 1.98. The zero-order valence-corrected chi connectivity index (χ0v) is 10.5. The third-order valence-corrected chi connectivity index (χ3v) is 3.13. The Morgan fingerprint density at radius 3 is 2.50 bits per heavy atom. The lowest BCUT2D eigenvalue weighted by Gasteiger charge is -2.18. The molecule has 2 N–H and O–H groups in total. The molecule has 2 aromatic rings. The molecule has 2 unspecified atom stereocenters. The maximum atomic E-state index is 10.0. The summed E-state index contributed by atoms with van der Waals surface area (Å²) in [5, 5.41) is 20.5. The summed E-state index contributed by atoms with van der Waals surface area (Å²) in [5.74, 6) is 0. The van der Waals surface area contributed by atoms with E-state index in [9.17, 15) is 10.2 Å². The summed E-state index contributed by atoms with van der Waals surface area (Å²) in [5.41, 5.74) is 1.46. The molecule has 0 spiro atoms. The minimum atomic E-state index is -0.921. The van der Waals surface area contributed by atoms with Gasteiger partial charge in [-0.3, -0.25) is 4.98 Å². The molecule has 0 amide bonds. The molecule has 3 nitrogen and oxygen atoms in total. The van der Waals surface area contributed by atoms with Crippen LogP contribution in [-0.4, -0.2) is 21.3 Å². The highest BCUT2D eigenvalue weighted by Crippen LogP contribution is 2.22. The topological polar surface area (TPSA) is 53.4 Å². The number of hydrogen-bond acceptors (Lipinski definition) is 3. The summed E-state index contributed by atoms with van der Waals surface area (Å²) in [6, 6.07) is 10.8. The van der Waals surface area contributed by atoms with Crippen LogP contribution in [0.25, 0.3) is 0 Å². The highest BCUT2D eigenvalue weighted by Gasteiger charge is 2.19. The molecule has 94 valence electrons. The number of aliphatic hydroxyl groups is 2. The predicted octanol–water partition coefficient (Wildman–Crippen LogP) is 2.37. The molecule has 1 aromatic heterocycles. The van der Waals surface area contributed by atoms with Crippen LogP contribution in [0.1, 0.15) is 17.2 Å². The van der Waals surface area contributed by atoms with Gasteiger partial charge in [0.05, 0.1) is 11.1 Å². The number of aliphatic hydroxyl groups excluding tert-OH is 2. The minimum absolute atomic E-state index is 0.289. The molecule has 0 bridgehead atoms. The summed E-state index contributed by atoms with van der Waals surface area (Å²) in [7, 11) is 0. The Morgan fingerprint density at radius 1 is 1.11 bits per heavy atom. The van der Waals surface area contributed by atoms with Crippen LogP contribution in [0, 0.1) is 0 Å². The van der Waals surface area contributed by atoms with E-state index in [1.165, 1.54) is 6.20 Å². The second-order valence-corrected chi connectivity index (χ2v) is 4.50. The summed E-state index contributed by atoms with van der Waals surface area (Å²) in [4.78, 5) is 3.88. The highest BCUT2D eigenvalue weighted by molar-refractivity contribution is 6.31. The standard InChI is InChI=1S/C14H14ClNO2/c15-12-9-16-7-6-11(12)8-13(17)14(18)10-4-2-1-3-5-10/h1-7,9,13-14,17-18H,8H2. The molecule has 0 aliphatic rings. The smallest absolute Gasteiger partial charge is 0.105 e. The molecule has 1 aromatic carbocycles. The number of aromatic nitrogens is 1. The van der Waals surface area contributed by atoms with Gasteiger partial charge in [-0.25, -0.2) is 0 Å². The van der Waals surface area contributed by atoms with Gasteiger partial charge in [-0.2, -0.15) is 0 Å². The molecule has 2 rings (SSSR count). The molecule has 1 heterocycles. The van der Waals surface area contributed by atoms with Gasteiger partial charge in [0, 0.05) is 18.8 Å². The predicted molar refractivity (Wildman–Crippen MR) is 70.4 cm³/mol. The van der Waals surface area contributed by atoms with E-state index in [4.69, 9.17) is 11.6 Å². The van der Waals surface area contributed by atoms with E-state index in [-0.39, 0.29) is 6.42 Å². The van der Waals surface area contributed by atoms with E-state index in [2.05, 4.69) is 4.98 Å². The molecule has 0 saturated heterocycles. The van der Waals surface area contributed by atoms with Crippen LogP contribution in [-0.2, 0) is 6.42 Å². The first-order valence-electron chi connectivity index (χ1n) is 5.68. The van der Waals surface area contributed by atoms with Crippen LogP contribution in [0.5, 0.6) is 0 Å². The number of nitrogens with zero attached hydrogens (tertiary/aromatic N) is 1. The van der Waals surface area contributed by atoms with E-state index in [0.29, 0.717) is 10.6 Å². The second kappa shape index (κ2) is 5.96. The third kappa shape index (κ3) is 3.07. The third-order valence-electron chi connectivity index (χ3n) is 2.79. The van der Waals surface area contributed by atoms with Crippen molar-refractivity contribution in [3.05, 3.63) is 64.9 Å². The average Bonchev–Trinajstić information content (AvgIpc) is 2.41. The number of pyridine rings is 1. The van der Waals surface area contributed by atoms with Gasteiger partial charge >= 0.3 is 0 Å². The van der Waals surface area contributed by atoms with Crippen molar-refractivity contribution >= 4 is 11.6 Å². The fraction of sp³-hybridized carbons (Fsp3) is 0.214. The molecule has 18 heavy (non-hydrogen) atoms. The molecular weight excluding hydrogens is 250 g/mol. The van der Waals surface area contributed by atoms with E-state index in [1.54, 1.807) is 24.4 Å². The van der Waals surface area contributed by atoms with Crippen LogP contribution in [0.4, 0.5) is 0 Å². The number of halogens is 1. The van der Waals surface area contributed by atoms with Gasteiger partial charge in [-0.05, 0) is 17.2 Å². The molecule has 0 fully saturated rings. The Bertz CT molecular complexity index is 504. The quantitative estimate of drug-likeness (QED) is 0.890. The van der Waals surface area contributed by atoms with Gasteiger partial charge in [0.25, 0.3) is 0 Å². The van der Waals surface area contributed by atoms with Gasteiger partial charge in [-0.15, -0.1) is 0 Å². The van der Waals surface area contributed by atoms with Crippen LogP contribution in [0.2, 0.25) is 5.02 Å². The van der Waals surface area contributed by atoms with Gasteiger partial charge in [-0.1, -0.05) is 41.9 Å². The highest BCUT2D eigenvalue weighted by atomic mass is 35.5. The molecule has 2 atom stereocenters. The lowest BCUT2D eigenvalue weighted by molar-refractivity contribution is 0.0190. The first-order valence-corrected chi connectivity index (χ1v) is 6.05. The normalized spacial score (nSPS) is 14.2.